The zero-order valence-corrected chi connectivity index (χ0v) is 22.3. The molecule has 0 aromatic rings. The highest BCUT2D eigenvalue weighted by Gasteiger charge is 2.69. The van der Waals surface area contributed by atoms with Gasteiger partial charge in [0.25, 0.3) is 0 Å². The van der Waals surface area contributed by atoms with Crippen LogP contribution in [-0.4, -0.2) is 22.3 Å². The summed E-state index contributed by atoms with van der Waals surface area (Å²) in [7, 11) is 0. The highest BCUT2D eigenvalue weighted by molar-refractivity contribution is 5.76. The lowest BCUT2D eigenvalue weighted by Crippen LogP contribution is -2.65. The van der Waals surface area contributed by atoms with E-state index >= 15 is 0 Å². The Kier molecular flexibility index (Phi) is 4.99. The van der Waals surface area contributed by atoms with E-state index in [1.165, 1.54) is 44.9 Å². The molecular formula is C30H48O3. The average Bonchev–Trinajstić information content (AvgIpc) is 2.72. The van der Waals surface area contributed by atoms with Gasteiger partial charge < -0.3 is 10.2 Å². The minimum Gasteiger partial charge on any atom is -0.481 e. The molecule has 0 saturated heterocycles. The minimum atomic E-state index is -1.02. The van der Waals surface area contributed by atoms with Gasteiger partial charge in [-0.15, -0.1) is 0 Å². The molecule has 5 rings (SSSR count). The van der Waals surface area contributed by atoms with E-state index in [4.69, 9.17) is 0 Å². The fraction of sp³-hybridized carbons (Fsp3) is 0.900. The van der Waals surface area contributed by atoms with Crippen molar-refractivity contribution in [1.29, 1.82) is 0 Å². The molecule has 0 bridgehead atoms. The third-order valence-electron chi connectivity index (χ3n) is 13.0. The molecule has 0 heterocycles. The molecule has 0 unspecified atom stereocenters. The number of hydrogen-bond acceptors (Lipinski definition) is 2. The molecule has 0 amide bonds. The van der Waals surface area contributed by atoms with E-state index < -0.39 is 17.5 Å². The van der Waals surface area contributed by atoms with E-state index in [2.05, 4.69) is 41.5 Å². The maximum atomic E-state index is 12.5. The minimum absolute atomic E-state index is 0.00877. The van der Waals surface area contributed by atoms with Gasteiger partial charge in [0.1, 0.15) is 0 Å². The highest BCUT2D eigenvalue weighted by atomic mass is 16.4. The van der Waals surface area contributed by atoms with E-state index in [1.54, 1.807) is 0 Å². The van der Waals surface area contributed by atoms with Crippen molar-refractivity contribution in [2.24, 2.45) is 44.3 Å². The molecule has 186 valence electrons. The maximum absolute atomic E-state index is 12.5. The smallest absolute Gasteiger partial charge is 0.312 e. The number of carbonyl (C=O) groups is 1. The van der Waals surface area contributed by atoms with E-state index in [1.807, 2.05) is 18.1 Å². The van der Waals surface area contributed by atoms with Crippen LogP contribution in [-0.2, 0) is 4.79 Å². The van der Waals surface area contributed by atoms with Crippen LogP contribution >= 0.6 is 0 Å². The molecule has 3 nitrogen and oxygen atoms in total. The maximum Gasteiger partial charge on any atom is 0.312 e. The van der Waals surface area contributed by atoms with Gasteiger partial charge in [-0.05, 0) is 116 Å². The third kappa shape index (κ3) is 2.87. The fourth-order valence-corrected chi connectivity index (χ4v) is 10.5. The molecule has 0 aromatic carbocycles. The van der Waals surface area contributed by atoms with Gasteiger partial charge in [0, 0.05) is 0 Å². The first kappa shape index (κ1) is 23.9. The van der Waals surface area contributed by atoms with Crippen LogP contribution in [0.2, 0.25) is 0 Å². The van der Waals surface area contributed by atoms with E-state index in [-0.39, 0.29) is 22.2 Å². The van der Waals surface area contributed by atoms with Crippen molar-refractivity contribution in [1.82, 2.24) is 0 Å². The third-order valence-corrected chi connectivity index (χ3v) is 13.0. The first-order chi connectivity index (χ1) is 15.1. The Bertz CT molecular complexity index is 902. The molecule has 4 saturated carbocycles. The van der Waals surface area contributed by atoms with Crippen LogP contribution in [0.5, 0.6) is 0 Å². The number of carboxylic acids is 1. The Balaban J connectivity index is 1.60. The number of fused-ring (bicyclic) bond motifs is 6. The summed E-state index contributed by atoms with van der Waals surface area (Å²) < 4.78 is 0. The predicted molar refractivity (Wildman–Crippen MR) is 133 cm³/mol. The second-order valence-electron chi connectivity index (χ2n) is 14.9. The predicted octanol–water partition coefficient (Wildman–Crippen LogP) is 7.38. The Morgan fingerprint density at radius 2 is 1.45 bits per heavy atom. The lowest BCUT2D eigenvalue weighted by molar-refractivity contribution is -0.217. The largest absolute Gasteiger partial charge is 0.481 e. The Morgan fingerprint density at radius 1 is 0.788 bits per heavy atom. The van der Waals surface area contributed by atoms with E-state index in [0.717, 1.165) is 19.3 Å². The number of allylic oxidation sites excluding steroid dienone is 2. The van der Waals surface area contributed by atoms with Gasteiger partial charge in [-0.25, -0.2) is 0 Å². The second kappa shape index (κ2) is 6.89. The number of rotatable bonds is 1. The van der Waals surface area contributed by atoms with Crippen LogP contribution in [0.25, 0.3) is 0 Å². The molecule has 0 aliphatic heterocycles. The summed E-state index contributed by atoms with van der Waals surface area (Å²) in [5.41, 5.74) is 3.83. The lowest BCUT2D eigenvalue weighted by Gasteiger charge is -2.70. The van der Waals surface area contributed by atoms with Crippen LogP contribution in [0.1, 0.15) is 119 Å². The molecule has 4 fully saturated rings. The lowest BCUT2D eigenvalue weighted by atomic mass is 9.34. The van der Waals surface area contributed by atoms with E-state index in [9.17, 15) is 15.0 Å². The molecule has 0 aromatic heterocycles. The van der Waals surface area contributed by atoms with Crippen molar-refractivity contribution in [2.75, 3.05) is 0 Å². The zero-order chi connectivity index (χ0) is 24.2. The Labute approximate surface area is 201 Å². The zero-order valence-electron chi connectivity index (χ0n) is 22.3. The number of aliphatic hydroxyl groups excluding tert-OH is 1. The fourth-order valence-electron chi connectivity index (χ4n) is 10.5. The Morgan fingerprint density at radius 3 is 2.12 bits per heavy atom. The molecule has 2 N–H and O–H groups in total. The van der Waals surface area contributed by atoms with Gasteiger partial charge in [0.2, 0.25) is 0 Å². The molecule has 8 atom stereocenters. The normalized spacial score (nSPS) is 53.4. The summed E-state index contributed by atoms with van der Waals surface area (Å²) >= 11 is 0. The monoisotopic (exact) mass is 456 g/mol. The number of aliphatic carboxylic acids is 1. The summed E-state index contributed by atoms with van der Waals surface area (Å²) in [4.78, 5) is 12.5. The van der Waals surface area contributed by atoms with Crippen molar-refractivity contribution in [3.63, 3.8) is 0 Å². The highest BCUT2D eigenvalue weighted by Crippen LogP contribution is 2.75. The van der Waals surface area contributed by atoms with Crippen LogP contribution in [0.3, 0.4) is 0 Å². The Hall–Kier alpha value is -0.830. The molecule has 5 aliphatic carbocycles. The summed E-state index contributed by atoms with van der Waals surface area (Å²) in [6, 6.07) is 0. The van der Waals surface area contributed by atoms with Crippen LogP contribution in [0.15, 0.2) is 11.1 Å². The molecule has 33 heavy (non-hydrogen) atoms. The average molecular weight is 457 g/mol. The quantitative estimate of drug-likeness (QED) is 0.405. The number of hydrogen-bond donors (Lipinski definition) is 2. The van der Waals surface area contributed by atoms with Gasteiger partial charge >= 0.3 is 5.97 Å². The first-order valence-electron chi connectivity index (χ1n) is 13.8. The summed E-state index contributed by atoms with van der Waals surface area (Å²) in [5.74, 6) is -0.202. The van der Waals surface area contributed by atoms with Crippen LogP contribution in [0.4, 0.5) is 0 Å². The number of aliphatic hydroxyl groups is 1. The van der Waals surface area contributed by atoms with Gasteiger partial charge in [0.05, 0.1) is 11.5 Å². The van der Waals surface area contributed by atoms with Gasteiger partial charge in [-0.1, -0.05) is 52.7 Å². The summed E-state index contributed by atoms with van der Waals surface area (Å²) in [6.45, 7) is 16.9. The van der Waals surface area contributed by atoms with Crippen molar-refractivity contribution in [3.05, 3.63) is 11.1 Å². The van der Waals surface area contributed by atoms with Crippen molar-refractivity contribution in [3.8, 4) is 0 Å². The first-order valence-corrected chi connectivity index (χ1v) is 13.8. The van der Waals surface area contributed by atoms with Crippen LogP contribution in [0, 0.1) is 44.3 Å². The standard InChI is InChI=1S/C30H48O3/c1-25(2)14-15-26(3)16-17-28(5)19(20(26)18-25)8-9-21-27(4)12-11-23(31)30(7,24(32)33)22(27)10-13-29(21,28)6/h21-23,31H,8-18H2,1-7H3,(H,32,33)/t21-,22-,23-,26-,27-,28-,29-,30-/m1/s1. The van der Waals surface area contributed by atoms with Gasteiger partial charge in [-0.2, -0.15) is 0 Å². The van der Waals surface area contributed by atoms with E-state index in [0.29, 0.717) is 23.2 Å². The van der Waals surface area contributed by atoms with Crippen molar-refractivity contribution < 1.29 is 15.0 Å². The second-order valence-corrected chi connectivity index (χ2v) is 14.9. The SMILES string of the molecule is CC1(C)CC[C@]2(C)CC[C@]3(C)C(=C2C1)CC[C@@H]1[C@@]2(C)CC[C@@H](O)[C@](C)(C(=O)O)[C@@H]2CC[C@]13C. The molecule has 0 radical (unpaired) electrons. The van der Waals surface area contributed by atoms with Crippen LogP contribution < -0.4 is 0 Å². The summed E-state index contributed by atoms with van der Waals surface area (Å²) in [6.07, 6.45) is 11.8. The number of carboxylic acid groups (broad SMARTS) is 1. The van der Waals surface area contributed by atoms with Gasteiger partial charge in [-0.3, -0.25) is 4.79 Å². The molecule has 5 aliphatic rings. The molecule has 3 heteroatoms. The summed E-state index contributed by atoms with van der Waals surface area (Å²) in [5, 5.41) is 21.1. The van der Waals surface area contributed by atoms with Gasteiger partial charge in [0.15, 0.2) is 0 Å². The molecule has 0 spiro atoms. The van der Waals surface area contributed by atoms with Crippen molar-refractivity contribution >= 4 is 5.97 Å². The molecular weight excluding hydrogens is 408 g/mol. The topological polar surface area (TPSA) is 57.5 Å². The van der Waals surface area contributed by atoms with Crippen molar-refractivity contribution in [2.45, 2.75) is 125 Å².